The number of carbonyl (C=O) groups is 2. The smallest absolute Gasteiger partial charge is 0.265 e. The maximum Gasteiger partial charge on any atom is 0.265 e. The Morgan fingerprint density at radius 1 is 1.04 bits per heavy atom. The summed E-state index contributed by atoms with van der Waals surface area (Å²) in [7, 11) is 0. The Morgan fingerprint density at radius 2 is 1.70 bits per heavy atom. The zero-order valence-electron chi connectivity index (χ0n) is 16.4. The molecule has 0 aliphatic rings. The van der Waals surface area contributed by atoms with Crippen molar-refractivity contribution in [1.29, 1.82) is 0 Å². The first kappa shape index (κ1) is 20.5. The number of nitrogens with one attached hydrogen (secondary N) is 2. The molecule has 0 radical (unpaired) electrons. The molecular formula is C22H28N2O3. The molecule has 0 heterocycles. The van der Waals surface area contributed by atoms with Gasteiger partial charge in [-0.2, -0.15) is 0 Å². The molecule has 27 heavy (non-hydrogen) atoms. The van der Waals surface area contributed by atoms with Crippen molar-refractivity contribution in [2.45, 2.75) is 40.2 Å². The maximum absolute atomic E-state index is 12.7. The van der Waals surface area contributed by atoms with E-state index in [4.69, 9.17) is 4.74 Å². The molecule has 0 saturated carbocycles. The molecule has 2 N–H and O–H groups in total. The van der Waals surface area contributed by atoms with Crippen molar-refractivity contribution in [3.8, 4) is 5.75 Å². The van der Waals surface area contributed by atoms with Crippen molar-refractivity contribution in [3.05, 3.63) is 59.7 Å². The maximum atomic E-state index is 12.7. The van der Waals surface area contributed by atoms with E-state index in [1.54, 1.807) is 24.3 Å². The highest BCUT2D eigenvalue weighted by atomic mass is 16.5. The first-order chi connectivity index (χ1) is 12.9. The standard InChI is InChI=1S/C22H28N2O3/c1-5-20(27-17-12-10-16(4)11-13-17)22(26)24-19-9-7-6-8-18(19)21(25)23-14-15(2)3/h6-13,15,20H,5,14H2,1-4H3,(H,23,25)(H,24,26)/t20-/m1/s1. The second-order valence-electron chi connectivity index (χ2n) is 6.97. The largest absolute Gasteiger partial charge is 0.481 e. The summed E-state index contributed by atoms with van der Waals surface area (Å²) in [6, 6.07) is 14.6. The Labute approximate surface area is 161 Å². The van der Waals surface area contributed by atoms with Crippen LogP contribution < -0.4 is 15.4 Å². The topological polar surface area (TPSA) is 67.4 Å². The van der Waals surface area contributed by atoms with Crippen LogP contribution in [0.3, 0.4) is 0 Å². The van der Waals surface area contributed by atoms with Crippen LogP contribution in [-0.2, 0) is 4.79 Å². The van der Waals surface area contributed by atoms with Crippen LogP contribution in [0, 0.1) is 12.8 Å². The Hall–Kier alpha value is -2.82. The van der Waals surface area contributed by atoms with Crippen molar-refractivity contribution in [2.24, 2.45) is 5.92 Å². The van der Waals surface area contributed by atoms with Crippen LogP contribution in [0.1, 0.15) is 43.1 Å². The van der Waals surface area contributed by atoms with Crippen molar-refractivity contribution in [3.63, 3.8) is 0 Å². The molecule has 0 aromatic heterocycles. The molecule has 5 heteroatoms. The Bertz CT molecular complexity index is 769. The normalized spacial score (nSPS) is 11.7. The molecule has 0 aliphatic carbocycles. The van der Waals surface area contributed by atoms with E-state index in [9.17, 15) is 9.59 Å². The van der Waals surface area contributed by atoms with Gasteiger partial charge >= 0.3 is 0 Å². The number of para-hydroxylation sites is 1. The predicted molar refractivity (Wildman–Crippen MR) is 108 cm³/mol. The van der Waals surface area contributed by atoms with Crippen molar-refractivity contribution >= 4 is 17.5 Å². The van der Waals surface area contributed by atoms with Gasteiger partial charge in [-0.25, -0.2) is 0 Å². The summed E-state index contributed by atoms with van der Waals surface area (Å²) in [4.78, 5) is 25.1. The summed E-state index contributed by atoms with van der Waals surface area (Å²) < 4.78 is 5.82. The van der Waals surface area contributed by atoms with Gasteiger partial charge in [-0.3, -0.25) is 9.59 Å². The van der Waals surface area contributed by atoms with Crippen LogP contribution in [0.15, 0.2) is 48.5 Å². The average molecular weight is 368 g/mol. The first-order valence-electron chi connectivity index (χ1n) is 9.32. The molecule has 0 spiro atoms. The monoisotopic (exact) mass is 368 g/mol. The van der Waals surface area contributed by atoms with Gasteiger partial charge in [0.05, 0.1) is 11.3 Å². The summed E-state index contributed by atoms with van der Waals surface area (Å²) in [6.07, 6.45) is -0.124. The van der Waals surface area contributed by atoms with E-state index in [1.165, 1.54) is 0 Å². The van der Waals surface area contributed by atoms with Crippen molar-refractivity contribution < 1.29 is 14.3 Å². The van der Waals surface area contributed by atoms with Crippen LogP contribution in [0.5, 0.6) is 5.75 Å². The summed E-state index contributed by atoms with van der Waals surface area (Å²) in [5.74, 6) is 0.517. The van der Waals surface area contributed by atoms with E-state index >= 15 is 0 Å². The second kappa shape index (κ2) is 9.76. The molecule has 0 aliphatic heterocycles. The number of rotatable bonds is 8. The number of aryl methyl sites for hydroxylation is 1. The van der Waals surface area contributed by atoms with Gasteiger partial charge in [-0.05, 0) is 43.5 Å². The molecule has 0 fully saturated rings. The van der Waals surface area contributed by atoms with E-state index in [0.29, 0.717) is 35.9 Å². The second-order valence-corrected chi connectivity index (χ2v) is 6.97. The van der Waals surface area contributed by atoms with E-state index in [-0.39, 0.29) is 11.8 Å². The Kier molecular flexibility index (Phi) is 7.41. The number of amides is 2. The van der Waals surface area contributed by atoms with Crippen LogP contribution >= 0.6 is 0 Å². The number of anilines is 1. The van der Waals surface area contributed by atoms with Crippen LogP contribution in [0.25, 0.3) is 0 Å². The fraction of sp³-hybridized carbons (Fsp3) is 0.364. The summed E-state index contributed by atoms with van der Waals surface area (Å²) in [5.41, 5.74) is 2.05. The van der Waals surface area contributed by atoms with Crippen molar-refractivity contribution in [2.75, 3.05) is 11.9 Å². The zero-order valence-corrected chi connectivity index (χ0v) is 16.4. The van der Waals surface area contributed by atoms with Gasteiger partial charge in [0.25, 0.3) is 11.8 Å². The lowest BCUT2D eigenvalue weighted by molar-refractivity contribution is -0.122. The molecule has 1 atom stereocenters. The molecule has 2 amide bonds. The van der Waals surface area contributed by atoms with Crippen LogP contribution in [-0.4, -0.2) is 24.5 Å². The van der Waals surface area contributed by atoms with E-state index in [2.05, 4.69) is 10.6 Å². The summed E-state index contributed by atoms with van der Waals surface area (Å²) in [6.45, 7) is 8.52. The molecule has 5 nitrogen and oxygen atoms in total. The number of benzene rings is 2. The third kappa shape index (κ3) is 6.13. The number of ether oxygens (including phenoxy) is 1. The SMILES string of the molecule is CC[C@@H](Oc1ccc(C)cc1)C(=O)Nc1ccccc1C(=O)NCC(C)C. The van der Waals surface area contributed by atoms with Crippen LogP contribution in [0.2, 0.25) is 0 Å². The molecule has 2 aromatic rings. The third-order valence-electron chi connectivity index (χ3n) is 4.06. The van der Waals surface area contributed by atoms with Gasteiger partial charge in [-0.1, -0.05) is 50.6 Å². The van der Waals surface area contributed by atoms with Gasteiger partial charge in [0, 0.05) is 6.54 Å². The fourth-order valence-electron chi connectivity index (χ4n) is 2.50. The number of hydrogen-bond donors (Lipinski definition) is 2. The molecule has 2 aromatic carbocycles. The lowest BCUT2D eigenvalue weighted by Crippen LogP contribution is -2.34. The zero-order chi connectivity index (χ0) is 19.8. The molecule has 0 unspecified atom stereocenters. The van der Waals surface area contributed by atoms with Crippen LogP contribution in [0.4, 0.5) is 5.69 Å². The quantitative estimate of drug-likeness (QED) is 0.735. The van der Waals surface area contributed by atoms with Crippen molar-refractivity contribution in [1.82, 2.24) is 5.32 Å². The summed E-state index contributed by atoms with van der Waals surface area (Å²) >= 11 is 0. The van der Waals surface area contributed by atoms with Gasteiger partial charge in [0.15, 0.2) is 6.10 Å². The third-order valence-corrected chi connectivity index (χ3v) is 4.06. The molecule has 2 rings (SSSR count). The lowest BCUT2D eigenvalue weighted by Gasteiger charge is -2.19. The van der Waals surface area contributed by atoms with Gasteiger partial charge in [0.1, 0.15) is 5.75 Å². The molecule has 144 valence electrons. The molecule has 0 saturated heterocycles. The first-order valence-corrected chi connectivity index (χ1v) is 9.32. The molecule has 0 bridgehead atoms. The number of hydrogen-bond acceptors (Lipinski definition) is 3. The summed E-state index contributed by atoms with van der Waals surface area (Å²) in [5, 5.41) is 5.72. The molecular weight excluding hydrogens is 340 g/mol. The van der Waals surface area contributed by atoms with Gasteiger partial charge < -0.3 is 15.4 Å². The average Bonchev–Trinajstić information content (AvgIpc) is 2.66. The minimum Gasteiger partial charge on any atom is -0.481 e. The lowest BCUT2D eigenvalue weighted by atomic mass is 10.1. The minimum absolute atomic E-state index is 0.202. The Balaban J connectivity index is 2.09. The van der Waals surface area contributed by atoms with E-state index in [1.807, 2.05) is 52.0 Å². The van der Waals surface area contributed by atoms with E-state index in [0.717, 1.165) is 5.56 Å². The van der Waals surface area contributed by atoms with Gasteiger partial charge in [-0.15, -0.1) is 0 Å². The van der Waals surface area contributed by atoms with Gasteiger partial charge in [0.2, 0.25) is 0 Å². The number of carbonyl (C=O) groups excluding carboxylic acids is 2. The minimum atomic E-state index is -0.639. The Morgan fingerprint density at radius 3 is 2.33 bits per heavy atom. The van der Waals surface area contributed by atoms with E-state index < -0.39 is 6.10 Å². The highest BCUT2D eigenvalue weighted by Gasteiger charge is 2.21. The highest BCUT2D eigenvalue weighted by molar-refractivity contribution is 6.04. The highest BCUT2D eigenvalue weighted by Crippen LogP contribution is 2.18. The predicted octanol–water partition coefficient (Wildman–Crippen LogP) is 4.18. The fourth-order valence-corrected chi connectivity index (χ4v) is 2.50.